The quantitative estimate of drug-likeness (QED) is 0.627. The molecule has 0 fully saturated rings. The topological polar surface area (TPSA) is 38.7 Å². The number of thiazole rings is 1. The maximum atomic E-state index is 5.84. The van der Waals surface area contributed by atoms with E-state index >= 15 is 0 Å². The van der Waals surface area contributed by atoms with Crippen LogP contribution in [0.1, 0.15) is 5.56 Å². The highest BCUT2D eigenvalue weighted by atomic mass is 35.5. The largest absolute Gasteiger partial charge is 0.253 e. The van der Waals surface area contributed by atoms with Gasteiger partial charge in [0.2, 0.25) is 0 Å². The van der Waals surface area contributed by atoms with Crippen LogP contribution in [-0.4, -0.2) is 15.0 Å². The van der Waals surface area contributed by atoms with Gasteiger partial charge in [0, 0.05) is 18.5 Å². The first-order valence-corrected chi connectivity index (χ1v) is 6.27. The second kappa shape index (κ2) is 4.05. The van der Waals surface area contributed by atoms with E-state index in [4.69, 9.17) is 11.6 Å². The third-order valence-electron chi connectivity index (χ3n) is 2.45. The lowest BCUT2D eigenvalue weighted by Gasteiger charge is -1.98. The van der Waals surface area contributed by atoms with Crippen LogP contribution >= 0.6 is 22.9 Å². The van der Waals surface area contributed by atoms with E-state index in [1.807, 2.05) is 19.1 Å². The van der Waals surface area contributed by atoms with Gasteiger partial charge in [0.1, 0.15) is 15.9 Å². The van der Waals surface area contributed by atoms with Crippen LogP contribution in [0, 0.1) is 6.92 Å². The van der Waals surface area contributed by atoms with E-state index in [1.54, 1.807) is 29.8 Å². The minimum Gasteiger partial charge on any atom is -0.253 e. The molecule has 0 saturated heterocycles. The number of fused-ring (bicyclic) bond motifs is 1. The zero-order valence-electron chi connectivity index (χ0n) is 9.01. The van der Waals surface area contributed by atoms with Crippen molar-refractivity contribution in [1.82, 2.24) is 15.0 Å². The summed E-state index contributed by atoms with van der Waals surface area (Å²) in [6.45, 7) is 2.03. The molecule has 3 aromatic heterocycles. The molecule has 3 heterocycles. The molecule has 0 atom stereocenters. The van der Waals surface area contributed by atoms with Gasteiger partial charge < -0.3 is 0 Å². The van der Waals surface area contributed by atoms with E-state index in [9.17, 15) is 0 Å². The molecule has 84 valence electrons. The van der Waals surface area contributed by atoms with Gasteiger partial charge in [-0.2, -0.15) is 0 Å². The fraction of sp³-hybridized carbons (Fsp3) is 0.0833. The number of nitrogens with zero attached hydrogens (tertiary/aromatic N) is 3. The van der Waals surface area contributed by atoms with Gasteiger partial charge in [-0.25, -0.2) is 9.97 Å². The lowest BCUT2D eigenvalue weighted by molar-refractivity contribution is 1.25. The number of hydrogen-bond donors (Lipinski definition) is 0. The molecule has 0 unspecified atom stereocenters. The van der Waals surface area contributed by atoms with Crippen molar-refractivity contribution >= 4 is 33.2 Å². The molecule has 0 aliphatic heterocycles. The van der Waals surface area contributed by atoms with Crippen molar-refractivity contribution in [2.75, 3.05) is 0 Å². The van der Waals surface area contributed by atoms with E-state index < -0.39 is 0 Å². The molecular formula is C12H8ClN3S. The number of aryl methyl sites for hydroxylation is 1. The second-order valence-corrected chi connectivity index (χ2v) is 5.08. The number of hydrogen-bond acceptors (Lipinski definition) is 4. The smallest absolute Gasteiger partial charge is 0.143 e. The third kappa shape index (κ3) is 1.90. The molecule has 3 nitrogen and oxygen atoms in total. The van der Waals surface area contributed by atoms with Crippen LogP contribution in [0.4, 0.5) is 0 Å². The molecule has 3 rings (SSSR count). The second-order valence-electron chi connectivity index (χ2n) is 3.66. The number of rotatable bonds is 1. The highest BCUT2D eigenvalue weighted by Gasteiger charge is 2.10. The Bertz CT molecular complexity index is 693. The summed E-state index contributed by atoms with van der Waals surface area (Å²) in [7, 11) is 0. The van der Waals surface area contributed by atoms with Crippen molar-refractivity contribution in [1.29, 1.82) is 0 Å². The zero-order valence-corrected chi connectivity index (χ0v) is 10.6. The van der Waals surface area contributed by atoms with Gasteiger partial charge >= 0.3 is 0 Å². The lowest BCUT2D eigenvalue weighted by Crippen LogP contribution is -1.85. The molecule has 0 spiro atoms. The molecule has 0 amide bonds. The Labute approximate surface area is 107 Å². The third-order valence-corrected chi connectivity index (χ3v) is 3.67. The zero-order chi connectivity index (χ0) is 11.8. The van der Waals surface area contributed by atoms with Crippen molar-refractivity contribution in [3.63, 3.8) is 0 Å². The SMILES string of the molecule is Cc1cccnc1-c1nc2cc(Cl)ncc2s1. The molecule has 0 aromatic carbocycles. The van der Waals surface area contributed by atoms with Crippen LogP contribution in [0.15, 0.2) is 30.6 Å². The van der Waals surface area contributed by atoms with Crippen LogP contribution in [0.25, 0.3) is 20.9 Å². The maximum Gasteiger partial charge on any atom is 0.143 e. The Morgan fingerprint density at radius 3 is 3.00 bits per heavy atom. The molecule has 17 heavy (non-hydrogen) atoms. The van der Waals surface area contributed by atoms with Crippen LogP contribution in [0.3, 0.4) is 0 Å². The Morgan fingerprint density at radius 1 is 1.29 bits per heavy atom. The first kappa shape index (κ1) is 10.6. The minimum absolute atomic E-state index is 0.465. The molecule has 0 saturated carbocycles. The fourth-order valence-corrected chi connectivity index (χ4v) is 2.75. The average Bonchev–Trinajstić information content (AvgIpc) is 2.72. The minimum atomic E-state index is 0.465. The highest BCUT2D eigenvalue weighted by Crippen LogP contribution is 2.30. The van der Waals surface area contributed by atoms with Gasteiger partial charge in [0.25, 0.3) is 0 Å². The van der Waals surface area contributed by atoms with Gasteiger partial charge in [-0.3, -0.25) is 4.98 Å². The summed E-state index contributed by atoms with van der Waals surface area (Å²) in [5.41, 5.74) is 2.91. The number of halogens is 1. The van der Waals surface area contributed by atoms with Crippen molar-refractivity contribution in [3.8, 4) is 10.7 Å². The van der Waals surface area contributed by atoms with Gasteiger partial charge in [0.05, 0.1) is 10.2 Å². The van der Waals surface area contributed by atoms with Crippen LogP contribution in [-0.2, 0) is 0 Å². The highest BCUT2D eigenvalue weighted by molar-refractivity contribution is 7.21. The van der Waals surface area contributed by atoms with E-state index in [1.165, 1.54) is 0 Å². The molecule has 5 heteroatoms. The van der Waals surface area contributed by atoms with E-state index in [-0.39, 0.29) is 0 Å². The Kier molecular flexibility index (Phi) is 2.53. The molecule has 0 radical (unpaired) electrons. The molecular weight excluding hydrogens is 254 g/mol. The van der Waals surface area contributed by atoms with Crippen molar-refractivity contribution in [2.24, 2.45) is 0 Å². The fourth-order valence-electron chi connectivity index (χ4n) is 1.62. The first-order valence-electron chi connectivity index (χ1n) is 5.08. The molecule has 0 aliphatic rings. The standard InChI is InChI=1S/C12H8ClN3S/c1-7-3-2-4-14-11(7)12-16-8-5-10(13)15-6-9(8)17-12/h2-6H,1H3. The molecule has 0 aliphatic carbocycles. The normalized spacial score (nSPS) is 10.9. The van der Waals surface area contributed by atoms with Crippen molar-refractivity contribution in [2.45, 2.75) is 6.92 Å². The summed E-state index contributed by atoms with van der Waals surface area (Å²) < 4.78 is 1.02. The monoisotopic (exact) mass is 261 g/mol. The maximum absolute atomic E-state index is 5.84. The summed E-state index contributed by atoms with van der Waals surface area (Å²) in [6.07, 6.45) is 3.52. The predicted octanol–water partition coefficient (Wildman–Crippen LogP) is 3.72. The molecule has 0 bridgehead atoms. The van der Waals surface area contributed by atoms with E-state index in [2.05, 4.69) is 15.0 Å². The van der Waals surface area contributed by atoms with Crippen LogP contribution in [0.2, 0.25) is 5.15 Å². The number of pyridine rings is 2. The summed E-state index contributed by atoms with van der Waals surface area (Å²) in [5.74, 6) is 0. The van der Waals surface area contributed by atoms with Gasteiger partial charge in [-0.1, -0.05) is 17.7 Å². The van der Waals surface area contributed by atoms with Gasteiger partial charge in [-0.05, 0) is 18.6 Å². The van der Waals surface area contributed by atoms with Crippen LogP contribution in [0.5, 0.6) is 0 Å². The molecule has 3 aromatic rings. The van der Waals surface area contributed by atoms with E-state index in [0.29, 0.717) is 5.15 Å². The number of aromatic nitrogens is 3. The Hall–Kier alpha value is -1.52. The first-order chi connectivity index (χ1) is 8.24. The predicted molar refractivity (Wildman–Crippen MR) is 70.4 cm³/mol. The van der Waals surface area contributed by atoms with E-state index in [0.717, 1.165) is 26.5 Å². The summed E-state index contributed by atoms with van der Waals surface area (Å²) in [6, 6.07) is 5.72. The summed E-state index contributed by atoms with van der Waals surface area (Å²) in [4.78, 5) is 12.9. The van der Waals surface area contributed by atoms with Crippen molar-refractivity contribution < 1.29 is 0 Å². The summed E-state index contributed by atoms with van der Waals surface area (Å²) >= 11 is 7.42. The van der Waals surface area contributed by atoms with Gasteiger partial charge in [-0.15, -0.1) is 11.3 Å². The Morgan fingerprint density at radius 2 is 2.18 bits per heavy atom. The molecule has 0 N–H and O–H groups in total. The lowest BCUT2D eigenvalue weighted by atomic mass is 10.2. The Balaban J connectivity index is 2.22. The summed E-state index contributed by atoms with van der Waals surface area (Å²) in [5, 5.41) is 1.37. The van der Waals surface area contributed by atoms with Crippen molar-refractivity contribution in [3.05, 3.63) is 41.3 Å². The average molecular weight is 262 g/mol. The van der Waals surface area contributed by atoms with Gasteiger partial charge in [0.15, 0.2) is 0 Å². The van der Waals surface area contributed by atoms with Crippen LogP contribution < -0.4 is 0 Å².